The predicted octanol–water partition coefficient (Wildman–Crippen LogP) is 2.68. The molecule has 0 aliphatic carbocycles. The third kappa shape index (κ3) is 4.39. The summed E-state index contributed by atoms with van der Waals surface area (Å²) in [6.45, 7) is 4.92. The fourth-order valence-corrected chi connectivity index (χ4v) is 4.06. The molecule has 128 valence electrons. The molecule has 1 atom stereocenters. The molecule has 6 heteroatoms. The number of likely N-dealkylation sites (N-methyl/N-ethyl adjacent to an activating group) is 1. The Labute approximate surface area is 147 Å². The van der Waals surface area contributed by atoms with Crippen LogP contribution in [-0.4, -0.2) is 52.4 Å². The number of carbonyl (C=O) groups excluding carboxylic acids is 1. The number of rotatable bonds is 5. The number of thiazole rings is 1. The van der Waals surface area contributed by atoms with Gasteiger partial charge in [-0.15, -0.1) is 11.3 Å². The molecule has 1 aliphatic rings. The van der Waals surface area contributed by atoms with Gasteiger partial charge in [0, 0.05) is 49.0 Å². The van der Waals surface area contributed by atoms with Crippen LogP contribution in [0.2, 0.25) is 0 Å². The first-order chi connectivity index (χ1) is 11.6. The maximum Gasteiger partial charge on any atom is 0.236 e. The molecule has 1 saturated heterocycles. The molecule has 1 aliphatic heterocycles. The smallest absolute Gasteiger partial charge is 0.236 e. The summed E-state index contributed by atoms with van der Waals surface area (Å²) >= 11 is 1.76. The highest BCUT2D eigenvalue weighted by Gasteiger charge is 2.26. The molecule has 2 aromatic rings. The second-order valence-corrected chi connectivity index (χ2v) is 7.79. The summed E-state index contributed by atoms with van der Waals surface area (Å²) in [5.74, 6) is 0.601. The number of nitrogens with zero attached hydrogens (tertiary/aromatic N) is 4. The zero-order valence-corrected chi connectivity index (χ0v) is 15.1. The van der Waals surface area contributed by atoms with Gasteiger partial charge < -0.3 is 4.90 Å². The van der Waals surface area contributed by atoms with E-state index in [1.54, 1.807) is 17.5 Å². The third-order valence-corrected chi connectivity index (χ3v) is 5.42. The molecular weight excluding hydrogens is 320 g/mol. The lowest BCUT2D eigenvalue weighted by Crippen LogP contribution is -2.43. The van der Waals surface area contributed by atoms with Crippen molar-refractivity contribution in [1.82, 2.24) is 19.8 Å². The number of amides is 1. The van der Waals surface area contributed by atoms with Crippen molar-refractivity contribution in [3.8, 4) is 0 Å². The van der Waals surface area contributed by atoms with Gasteiger partial charge in [0.15, 0.2) is 0 Å². The summed E-state index contributed by atoms with van der Waals surface area (Å²) in [6, 6.07) is 3.96. The fourth-order valence-electron chi connectivity index (χ4n) is 3.16. The highest BCUT2D eigenvalue weighted by molar-refractivity contribution is 7.11. The number of pyridine rings is 1. The number of hydrogen-bond donors (Lipinski definition) is 0. The minimum absolute atomic E-state index is 0.208. The quantitative estimate of drug-likeness (QED) is 0.837. The molecule has 0 unspecified atom stereocenters. The van der Waals surface area contributed by atoms with Crippen molar-refractivity contribution in [3.05, 3.63) is 46.2 Å². The Morgan fingerprint density at radius 2 is 2.33 bits per heavy atom. The summed E-state index contributed by atoms with van der Waals surface area (Å²) in [6.07, 6.45) is 7.73. The first kappa shape index (κ1) is 17.0. The van der Waals surface area contributed by atoms with Crippen molar-refractivity contribution in [2.24, 2.45) is 0 Å². The van der Waals surface area contributed by atoms with Crippen LogP contribution < -0.4 is 0 Å². The molecule has 0 N–H and O–H groups in total. The monoisotopic (exact) mass is 344 g/mol. The Hall–Kier alpha value is -1.79. The van der Waals surface area contributed by atoms with E-state index in [1.807, 2.05) is 36.5 Å². The summed E-state index contributed by atoms with van der Waals surface area (Å²) in [4.78, 5) is 26.6. The van der Waals surface area contributed by atoms with E-state index >= 15 is 0 Å². The van der Waals surface area contributed by atoms with Gasteiger partial charge in [-0.2, -0.15) is 0 Å². The van der Waals surface area contributed by atoms with E-state index < -0.39 is 0 Å². The van der Waals surface area contributed by atoms with Gasteiger partial charge in [-0.25, -0.2) is 4.98 Å². The second-order valence-electron chi connectivity index (χ2n) is 6.52. The van der Waals surface area contributed by atoms with Crippen molar-refractivity contribution in [3.63, 3.8) is 0 Å². The zero-order valence-electron chi connectivity index (χ0n) is 14.3. The Kier molecular flexibility index (Phi) is 5.58. The molecule has 24 heavy (non-hydrogen) atoms. The minimum Gasteiger partial charge on any atom is -0.341 e. The molecule has 5 nitrogen and oxygen atoms in total. The van der Waals surface area contributed by atoms with Gasteiger partial charge >= 0.3 is 0 Å². The molecule has 1 amide bonds. The van der Waals surface area contributed by atoms with Crippen LogP contribution in [0.1, 0.15) is 34.2 Å². The second kappa shape index (κ2) is 7.85. The van der Waals surface area contributed by atoms with Crippen molar-refractivity contribution >= 4 is 17.2 Å². The van der Waals surface area contributed by atoms with Gasteiger partial charge in [0.05, 0.1) is 11.6 Å². The molecule has 0 saturated carbocycles. The summed E-state index contributed by atoms with van der Waals surface area (Å²) in [7, 11) is 1.98. The number of piperidine rings is 1. The van der Waals surface area contributed by atoms with E-state index in [2.05, 4.69) is 21.8 Å². The lowest BCUT2D eigenvalue weighted by molar-refractivity contribution is -0.133. The minimum atomic E-state index is 0.208. The number of aryl methyl sites for hydroxylation is 1. The largest absolute Gasteiger partial charge is 0.341 e. The number of aromatic nitrogens is 2. The Bertz CT molecular complexity index is 673. The van der Waals surface area contributed by atoms with Gasteiger partial charge in [0.25, 0.3) is 0 Å². The van der Waals surface area contributed by atoms with Crippen molar-refractivity contribution in [2.75, 3.05) is 26.7 Å². The van der Waals surface area contributed by atoms with Crippen LogP contribution in [0.15, 0.2) is 30.7 Å². The highest BCUT2D eigenvalue weighted by Crippen LogP contribution is 2.29. The lowest BCUT2D eigenvalue weighted by atomic mass is 9.98. The van der Waals surface area contributed by atoms with Gasteiger partial charge in [-0.1, -0.05) is 6.07 Å². The average molecular weight is 344 g/mol. The molecule has 3 heterocycles. The number of carbonyl (C=O) groups is 1. The maximum absolute atomic E-state index is 12.6. The van der Waals surface area contributed by atoms with Crippen molar-refractivity contribution in [2.45, 2.75) is 32.2 Å². The first-order valence-corrected chi connectivity index (χ1v) is 9.21. The zero-order chi connectivity index (χ0) is 16.9. The molecule has 0 aromatic carbocycles. The number of hydrogen-bond acceptors (Lipinski definition) is 5. The Morgan fingerprint density at radius 3 is 3.04 bits per heavy atom. The van der Waals surface area contributed by atoms with E-state index in [1.165, 1.54) is 9.88 Å². The van der Waals surface area contributed by atoms with Gasteiger partial charge in [-0.3, -0.25) is 14.7 Å². The summed E-state index contributed by atoms with van der Waals surface area (Å²) in [5.41, 5.74) is 1.13. The van der Waals surface area contributed by atoms with E-state index in [-0.39, 0.29) is 5.91 Å². The predicted molar refractivity (Wildman–Crippen MR) is 96.0 cm³/mol. The van der Waals surface area contributed by atoms with E-state index in [0.717, 1.165) is 38.0 Å². The van der Waals surface area contributed by atoms with Crippen molar-refractivity contribution in [1.29, 1.82) is 0 Å². The molecule has 0 radical (unpaired) electrons. The van der Waals surface area contributed by atoms with E-state index in [9.17, 15) is 4.79 Å². The Morgan fingerprint density at radius 1 is 1.46 bits per heavy atom. The van der Waals surface area contributed by atoms with Crippen LogP contribution >= 0.6 is 11.3 Å². The van der Waals surface area contributed by atoms with Gasteiger partial charge in [-0.05, 0) is 38.4 Å². The molecule has 0 spiro atoms. The average Bonchev–Trinajstić information content (AvgIpc) is 3.02. The maximum atomic E-state index is 12.6. The third-order valence-electron chi connectivity index (χ3n) is 4.34. The lowest BCUT2D eigenvalue weighted by Gasteiger charge is -2.33. The van der Waals surface area contributed by atoms with Crippen LogP contribution in [0.3, 0.4) is 0 Å². The standard InChI is InChI=1S/C18H24N4OS/c1-14-9-20-18(24-14)16-6-4-8-22(12-16)17(23)13-21(2)11-15-5-3-7-19-10-15/h3,5,7,9-10,16H,4,6,8,11-13H2,1-2H3/t16-/m1/s1. The van der Waals surface area contributed by atoms with E-state index in [0.29, 0.717) is 12.5 Å². The molecular formula is C18H24N4OS. The Balaban J connectivity index is 1.54. The summed E-state index contributed by atoms with van der Waals surface area (Å²) < 4.78 is 0. The van der Waals surface area contributed by atoms with Crippen LogP contribution in [0.25, 0.3) is 0 Å². The first-order valence-electron chi connectivity index (χ1n) is 8.39. The SMILES string of the molecule is Cc1cnc([C@@H]2CCCN(C(=O)CN(C)Cc3cccnc3)C2)s1. The van der Waals surface area contributed by atoms with Crippen LogP contribution in [0.4, 0.5) is 0 Å². The van der Waals surface area contributed by atoms with Crippen LogP contribution in [0, 0.1) is 6.92 Å². The number of likely N-dealkylation sites (tertiary alicyclic amines) is 1. The molecule has 2 aromatic heterocycles. The van der Waals surface area contributed by atoms with Gasteiger partial charge in [0.1, 0.15) is 0 Å². The van der Waals surface area contributed by atoms with Crippen LogP contribution in [0.5, 0.6) is 0 Å². The topological polar surface area (TPSA) is 49.3 Å². The fraction of sp³-hybridized carbons (Fsp3) is 0.500. The molecule has 0 bridgehead atoms. The van der Waals surface area contributed by atoms with Crippen molar-refractivity contribution < 1.29 is 4.79 Å². The molecule has 1 fully saturated rings. The highest BCUT2D eigenvalue weighted by atomic mass is 32.1. The molecule has 3 rings (SSSR count). The van der Waals surface area contributed by atoms with Crippen LogP contribution in [-0.2, 0) is 11.3 Å². The van der Waals surface area contributed by atoms with E-state index in [4.69, 9.17) is 0 Å². The van der Waals surface area contributed by atoms with Gasteiger partial charge in [0.2, 0.25) is 5.91 Å². The summed E-state index contributed by atoms with van der Waals surface area (Å²) in [5, 5.41) is 1.17. The normalized spacial score (nSPS) is 18.1.